The van der Waals surface area contributed by atoms with Crippen molar-refractivity contribution in [2.45, 2.75) is 19.8 Å². The molecule has 9 nitrogen and oxygen atoms in total. The Morgan fingerprint density at radius 2 is 1.50 bits per heavy atom. The van der Waals surface area contributed by atoms with Crippen molar-refractivity contribution in [3.63, 3.8) is 0 Å². The molecule has 1 aliphatic rings. The maximum Gasteiger partial charge on any atom is 0.338 e. The lowest BCUT2D eigenvalue weighted by atomic mass is 9.82. The third kappa shape index (κ3) is 4.70. The number of rotatable bonds is 8. The Morgan fingerprint density at radius 3 is 2.13 bits per heavy atom. The van der Waals surface area contributed by atoms with Crippen molar-refractivity contribution < 1.29 is 28.5 Å². The molecule has 1 aliphatic heterocycles. The van der Waals surface area contributed by atoms with E-state index >= 15 is 0 Å². The Bertz CT molecular complexity index is 1600. The highest BCUT2D eigenvalue weighted by molar-refractivity contribution is 7.07. The average molecular weight is 537 g/mol. The van der Waals surface area contributed by atoms with Crippen LogP contribution in [0.25, 0.3) is 17.5 Å². The molecule has 1 unspecified atom stereocenters. The molecule has 198 valence electrons. The van der Waals surface area contributed by atoms with Gasteiger partial charge in [0.1, 0.15) is 22.0 Å². The number of hydrogen-bond acceptors (Lipinski definition) is 9. The molecule has 0 fully saturated rings. The second-order valence-electron chi connectivity index (χ2n) is 8.13. The Balaban J connectivity index is 2.15. The first-order valence-corrected chi connectivity index (χ1v) is 12.8. The lowest BCUT2D eigenvalue weighted by Gasteiger charge is -2.28. The Kier molecular flexibility index (Phi) is 8.02. The van der Waals surface area contributed by atoms with Crippen LogP contribution in [0.15, 0.2) is 58.9 Å². The van der Waals surface area contributed by atoms with Crippen LogP contribution in [-0.4, -0.2) is 43.9 Å². The first-order chi connectivity index (χ1) is 18.4. The lowest BCUT2D eigenvalue weighted by Crippen LogP contribution is -2.42. The number of methoxy groups -OCH3 is 2. The highest BCUT2D eigenvalue weighted by Crippen LogP contribution is 2.41. The zero-order chi connectivity index (χ0) is 27.4. The predicted molar refractivity (Wildman–Crippen MR) is 144 cm³/mol. The molecule has 0 amide bonds. The van der Waals surface area contributed by atoms with Crippen molar-refractivity contribution in [3.05, 3.63) is 84.8 Å². The molecule has 0 saturated heterocycles. The molecule has 10 heteroatoms. The Labute approximate surface area is 223 Å². The summed E-state index contributed by atoms with van der Waals surface area (Å²) in [6, 6.07) is 14.2. The summed E-state index contributed by atoms with van der Waals surface area (Å²) < 4.78 is 23.5. The van der Waals surface area contributed by atoms with Crippen LogP contribution in [-0.2, 0) is 19.1 Å². The molecular weight excluding hydrogens is 508 g/mol. The third-order valence-corrected chi connectivity index (χ3v) is 7.12. The molecule has 2 heterocycles. The van der Waals surface area contributed by atoms with E-state index in [1.54, 1.807) is 56.3 Å². The summed E-state index contributed by atoms with van der Waals surface area (Å²) in [4.78, 5) is 40.5. The van der Waals surface area contributed by atoms with E-state index in [9.17, 15) is 14.4 Å². The van der Waals surface area contributed by atoms with Gasteiger partial charge >= 0.3 is 11.9 Å². The van der Waals surface area contributed by atoms with Crippen molar-refractivity contribution in [2.24, 2.45) is 5.73 Å². The zero-order valence-corrected chi connectivity index (χ0v) is 22.3. The van der Waals surface area contributed by atoms with E-state index in [4.69, 9.17) is 24.7 Å². The summed E-state index contributed by atoms with van der Waals surface area (Å²) in [5.41, 5.74) is 7.27. The minimum absolute atomic E-state index is 0.0457. The van der Waals surface area contributed by atoms with Crippen molar-refractivity contribution >= 4 is 40.7 Å². The molecule has 38 heavy (non-hydrogen) atoms. The summed E-state index contributed by atoms with van der Waals surface area (Å²) in [5.74, 6) is -1.55. The van der Waals surface area contributed by atoms with Crippen LogP contribution in [0.1, 0.15) is 30.9 Å². The molecule has 1 aromatic heterocycles. The molecule has 4 rings (SSSR count). The monoisotopic (exact) mass is 536 g/mol. The van der Waals surface area contributed by atoms with E-state index in [0.29, 0.717) is 22.6 Å². The van der Waals surface area contributed by atoms with E-state index in [2.05, 4.69) is 0 Å². The van der Waals surface area contributed by atoms with Crippen LogP contribution < -0.4 is 30.0 Å². The van der Waals surface area contributed by atoms with E-state index in [0.717, 1.165) is 11.3 Å². The number of thiazole rings is 1. The maximum absolute atomic E-state index is 13.7. The number of hydrogen-bond donors (Lipinski definition) is 1. The number of esters is 2. The normalized spacial score (nSPS) is 15.2. The molecule has 0 saturated carbocycles. The number of fused-ring (bicyclic) bond motifs is 1. The van der Waals surface area contributed by atoms with Gasteiger partial charge in [0.15, 0.2) is 0 Å². The number of carbonyl (C=O) groups is 2. The van der Waals surface area contributed by atoms with E-state index < -0.39 is 23.4 Å². The fourth-order valence-electron chi connectivity index (χ4n) is 4.41. The van der Waals surface area contributed by atoms with Gasteiger partial charge in [-0.2, -0.15) is 0 Å². The van der Waals surface area contributed by atoms with E-state index in [-0.39, 0.29) is 39.4 Å². The molecule has 0 aliphatic carbocycles. The number of carbonyl (C=O) groups excluding carboxylic acids is 2. The number of benzene rings is 2. The first-order valence-electron chi connectivity index (χ1n) is 12.0. The van der Waals surface area contributed by atoms with Gasteiger partial charge in [0.25, 0.3) is 5.56 Å². The second-order valence-corrected chi connectivity index (χ2v) is 9.16. The Morgan fingerprint density at radius 1 is 0.921 bits per heavy atom. The summed E-state index contributed by atoms with van der Waals surface area (Å²) in [6.07, 6.45) is 1.66. The van der Waals surface area contributed by atoms with Crippen LogP contribution >= 0.6 is 11.3 Å². The highest BCUT2D eigenvalue weighted by Gasteiger charge is 2.41. The number of aromatic nitrogens is 1. The standard InChI is InChI=1S/C28H28N2O7S/c1-5-36-27(32)22-21(17-12-8-10-14-19(17)35-4)23(28(33)37-6-2)26-30(24(22)29)25(31)20(38-26)15-16-11-7-9-13-18(16)34-3/h7-15,21H,5-6,29H2,1-4H3. The molecule has 3 aromatic rings. The van der Waals surface area contributed by atoms with Gasteiger partial charge in [-0.25, -0.2) is 9.59 Å². The number of para-hydroxylation sites is 2. The van der Waals surface area contributed by atoms with Crippen LogP contribution in [0.3, 0.4) is 0 Å². The molecule has 0 spiro atoms. The fourth-order valence-corrected chi connectivity index (χ4v) is 5.56. The zero-order valence-electron chi connectivity index (χ0n) is 21.5. The first kappa shape index (κ1) is 26.7. The largest absolute Gasteiger partial charge is 0.496 e. The number of nitrogens with two attached hydrogens (primary N) is 1. The Hall–Kier alpha value is -4.31. The van der Waals surface area contributed by atoms with Gasteiger partial charge in [-0.3, -0.25) is 9.36 Å². The summed E-state index contributed by atoms with van der Waals surface area (Å²) in [5, 5.41) is 0. The molecule has 0 radical (unpaired) electrons. The van der Waals surface area contributed by atoms with Crippen LogP contribution in [0.2, 0.25) is 0 Å². The molecule has 0 bridgehead atoms. The van der Waals surface area contributed by atoms with Crippen molar-refractivity contribution in [2.75, 3.05) is 27.4 Å². The van der Waals surface area contributed by atoms with E-state index in [1.807, 2.05) is 12.1 Å². The molecule has 2 aromatic carbocycles. The number of nitrogens with zero attached hydrogens (tertiary/aromatic N) is 1. The number of ether oxygens (including phenoxy) is 4. The van der Waals surface area contributed by atoms with Crippen molar-refractivity contribution in [3.8, 4) is 11.5 Å². The fraction of sp³-hybridized carbons (Fsp3) is 0.250. The van der Waals surface area contributed by atoms with E-state index in [1.165, 1.54) is 18.8 Å². The predicted octanol–water partition coefficient (Wildman–Crippen LogP) is 1.96. The highest BCUT2D eigenvalue weighted by atomic mass is 32.1. The van der Waals surface area contributed by atoms with Gasteiger partial charge in [0.2, 0.25) is 0 Å². The third-order valence-electron chi connectivity index (χ3n) is 6.01. The van der Waals surface area contributed by atoms with Gasteiger partial charge in [-0.15, -0.1) is 11.3 Å². The maximum atomic E-state index is 13.7. The summed E-state index contributed by atoms with van der Waals surface area (Å²) in [7, 11) is 3.03. The van der Waals surface area contributed by atoms with Crippen LogP contribution in [0.5, 0.6) is 11.5 Å². The van der Waals surface area contributed by atoms with Gasteiger partial charge in [-0.1, -0.05) is 36.4 Å². The second kappa shape index (κ2) is 11.4. The van der Waals surface area contributed by atoms with Crippen molar-refractivity contribution in [1.82, 2.24) is 4.57 Å². The van der Waals surface area contributed by atoms with Gasteiger partial charge < -0.3 is 24.7 Å². The van der Waals surface area contributed by atoms with Crippen molar-refractivity contribution in [1.29, 1.82) is 0 Å². The molecule has 2 N–H and O–H groups in total. The molecular formula is C28H28N2O7S. The quantitative estimate of drug-likeness (QED) is 0.434. The summed E-state index contributed by atoms with van der Waals surface area (Å²) in [6.45, 7) is 3.50. The smallest absolute Gasteiger partial charge is 0.338 e. The lowest BCUT2D eigenvalue weighted by molar-refractivity contribution is -0.138. The van der Waals surface area contributed by atoms with Gasteiger partial charge in [0.05, 0.1) is 49.0 Å². The summed E-state index contributed by atoms with van der Waals surface area (Å²) >= 11 is 1.08. The van der Waals surface area contributed by atoms with Crippen LogP contribution in [0, 0.1) is 0 Å². The van der Waals surface area contributed by atoms with Crippen LogP contribution in [0.4, 0.5) is 0 Å². The molecule has 1 atom stereocenters. The van der Waals surface area contributed by atoms with Gasteiger partial charge in [-0.05, 0) is 32.1 Å². The average Bonchev–Trinajstić information content (AvgIpc) is 3.24. The van der Waals surface area contributed by atoms with Gasteiger partial charge in [0, 0.05) is 11.1 Å². The minimum Gasteiger partial charge on any atom is -0.496 e. The topological polar surface area (TPSA) is 119 Å². The minimum atomic E-state index is -0.999. The SMILES string of the molecule is CCOC(=O)C1=C(N)n2c(sc(=Cc3ccccc3OC)c2=O)=C(C(=O)OCC)C1c1ccccc1OC.